The lowest BCUT2D eigenvalue weighted by molar-refractivity contribution is -0.137. The molecule has 172 valence electrons. The van der Waals surface area contributed by atoms with E-state index >= 15 is 0 Å². The fraction of sp³-hybridized carbons (Fsp3) is 0.708. The molecule has 30 heavy (non-hydrogen) atoms. The second kappa shape index (κ2) is 19.3. The topological polar surface area (TPSA) is 74.2 Å². The minimum atomic E-state index is -0.795. The molecule has 0 heterocycles. The molecule has 0 radical (unpaired) electrons. The molecule has 1 rings (SSSR count). The number of hydrogen-bond donors (Lipinski definition) is 1. The predicted octanol–water partition coefficient (Wildman–Crippen LogP) is 4.88. The fourth-order valence-corrected chi connectivity index (χ4v) is 2.95. The molecule has 0 fully saturated rings. The van der Waals surface area contributed by atoms with Crippen LogP contribution in [0.1, 0.15) is 63.9 Å². The van der Waals surface area contributed by atoms with E-state index in [-0.39, 0.29) is 6.42 Å². The van der Waals surface area contributed by atoms with Gasteiger partial charge in [-0.25, -0.2) is 0 Å². The first-order valence-electron chi connectivity index (χ1n) is 11.4. The normalized spacial score (nSPS) is 11.0. The summed E-state index contributed by atoms with van der Waals surface area (Å²) in [6, 6.07) is 8.37. The summed E-state index contributed by atoms with van der Waals surface area (Å²) in [7, 11) is 0. The van der Waals surface area contributed by atoms with Crippen molar-refractivity contribution in [2.45, 2.75) is 64.7 Å². The van der Waals surface area contributed by atoms with Crippen LogP contribution in [0.25, 0.3) is 0 Å². The van der Waals surface area contributed by atoms with Crippen LogP contribution in [-0.2, 0) is 25.4 Å². The SMILES string of the molecule is CCCCCCCCc1ccc(OCCOCCOCCOCCCC(=O)O)cc1. The first-order chi connectivity index (χ1) is 14.7. The molecular weight excluding hydrogens is 384 g/mol. The Labute approximate surface area is 181 Å². The molecule has 0 aromatic heterocycles. The van der Waals surface area contributed by atoms with E-state index in [9.17, 15) is 4.79 Å². The average molecular weight is 425 g/mol. The third kappa shape index (κ3) is 16.2. The number of hydrogen-bond acceptors (Lipinski definition) is 5. The number of unbranched alkanes of at least 4 members (excludes halogenated alkanes) is 5. The number of carboxylic acids is 1. The predicted molar refractivity (Wildman–Crippen MR) is 118 cm³/mol. The van der Waals surface area contributed by atoms with Crippen molar-refractivity contribution in [1.82, 2.24) is 0 Å². The maximum absolute atomic E-state index is 10.3. The van der Waals surface area contributed by atoms with Crippen molar-refractivity contribution in [3.63, 3.8) is 0 Å². The van der Waals surface area contributed by atoms with Gasteiger partial charge in [0.1, 0.15) is 12.4 Å². The standard InChI is InChI=1S/C24H40O6/c1-2-3-4-5-6-7-9-22-11-13-23(14-12-22)30-21-20-29-19-18-28-17-16-27-15-8-10-24(25)26/h11-14H,2-10,15-21H2,1H3,(H,25,26). The molecule has 0 aliphatic carbocycles. The molecule has 0 atom stereocenters. The van der Waals surface area contributed by atoms with Gasteiger partial charge in [0.25, 0.3) is 0 Å². The van der Waals surface area contributed by atoms with E-state index in [1.807, 2.05) is 12.1 Å². The average Bonchev–Trinajstić information content (AvgIpc) is 2.74. The van der Waals surface area contributed by atoms with Gasteiger partial charge in [-0.2, -0.15) is 0 Å². The quantitative estimate of drug-likeness (QED) is 0.283. The summed E-state index contributed by atoms with van der Waals surface area (Å²) in [5.41, 5.74) is 1.37. The summed E-state index contributed by atoms with van der Waals surface area (Å²) in [6.45, 7) is 5.71. The van der Waals surface area contributed by atoms with E-state index in [1.165, 1.54) is 44.1 Å². The van der Waals surface area contributed by atoms with Crippen LogP contribution in [0.4, 0.5) is 0 Å². The Hall–Kier alpha value is -1.63. The molecule has 1 aromatic carbocycles. The zero-order chi connectivity index (χ0) is 21.7. The molecule has 0 spiro atoms. The minimum Gasteiger partial charge on any atom is -0.491 e. The van der Waals surface area contributed by atoms with Gasteiger partial charge in [-0.15, -0.1) is 0 Å². The number of benzene rings is 1. The van der Waals surface area contributed by atoms with Crippen molar-refractivity contribution in [2.75, 3.05) is 46.2 Å². The van der Waals surface area contributed by atoms with Crippen molar-refractivity contribution in [3.8, 4) is 5.75 Å². The first-order valence-corrected chi connectivity index (χ1v) is 11.4. The van der Waals surface area contributed by atoms with Crippen molar-refractivity contribution in [2.24, 2.45) is 0 Å². The number of carbonyl (C=O) groups is 1. The molecule has 0 saturated heterocycles. The minimum absolute atomic E-state index is 0.139. The highest BCUT2D eigenvalue weighted by molar-refractivity contribution is 5.66. The maximum atomic E-state index is 10.3. The molecule has 0 unspecified atom stereocenters. The van der Waals surface area contributed by atoms with E-state index < -0.39 is 5.97 Å². The third-order valence-corrected chi connectivity index (χ3v) is 4.66. The number of carboxylic acid groups (broad SMARTS) is 1. The number of ether oxygens (including phenoxy) is 4. The Morgan fingerprint density at radius 2 is 1.30 bits per heavy atom. The molecule has 0 amide bonds. The molecule has 6 heteroatoms. The Bertz CT molecular complexity index is 517. The highest BCUT2D eigenvalue weighted by atomic mass is 16.6. The third-order valence-electron chi connectivity index (χ3n) is 4.66. The van der Waals surface area contributed by atoms with E-state index in [0.29, 0.717) is 52.7 Å². The van der Waals surface area contributed by atoms with Gasteiger partial charge in [0.05, 0.1) is 33.0 Å². The van der Waals surface area contributed by atoms with Gasteiger partial charge >= 0.3 is 5.97 Å². The molecule has 1 aromatic rings. The van der Waals surface area contributed by atoms with E-state index in [4.69, 9.17) is 24.1 Å². The molecule has 0 aliphatic heterocycles. The summed E-state index contributed by atoms with van der Waals surface area (Å²) in [4.78, 5) is 10.3. The van der Waals surface area contributed by atoms with Gasteiger partial charge in [-0.1, -0.05) is 51.2 Å². The monoisotopic (exact) mass is 424 g/mol. The van der Waals surface area contributed by atoms with Gasteiger partial charge in [0, 0.05) is 13.0 Å². The largest absolute Gasteiger partial charge is 0.491 e. The molecular formula is C24H40O6. The van der Waals surface area contributed by atoms with Crippen molar-refractivity contribution >= 4 is 5.97 Å². The Balaban J connectivity index is 1.89. The van der Waals surface area contributed by atoms with Gasteiger partial charge < -0.3 is 24.1 Å². The van der Waals surface area contributed by atoms with Crippen LogP contribution in [0.3, 0.4) is 0 Å². The summed E-state index contributed by atoms with van der Waals surface area (Å²) in [5.74, 6) is 0.0816. The summed E-state index contributed by atoms with van der Waals surface area (Å²) >= 11 is 0. The van der Waals surface area contributed by atoms with Crippen molar-refractivity contribution in [1.29, 1.82) is 0 Å². The number of aliphatic carboxylic acids is 1. The van der Waals surface area contributed by atoms with Crippen LogP contribution < -0.4 is 4.74 Å². The zero-order valence-electron chi connectivity index (χ0n) is 18.6. The molecule has 0 bridgehead atoms. The van der Waals surface area contributed by atoms with Crippen molar-refractivity contribution < 1.29 is 28.8 Å². The van der Waals surface area contributed by atoms with E-state index in [2.05, 4.69) is 19.1 Å². The zero-order valence-corrected chi connectivity index (χ0v) is 18.6. The van der Waals surface area contributed by atoms with Crippen LogP contribution in [-0.4, -0.2) is 57.3 Å². The lowest BCUT2D eigenvalue weighted by atomic mass is 10.0. The van der Waals surface area contributed by atoms with Crippen LogP contribution in [0, 0.1) is 0 Å². The van der Waals surface area contributed by atoms with Crippen LogP contribution in [0.2, 0.25) is 0 Å². The van der Waals surface area contributed by atoms with Gasteiger partial charge in [-0.3, -0.25) is 4.79 Å². The van der Waals surface area contributed by atoms with E-state index in [0.717, 1.165) is 12.2 Å². The Morgan fingerprint density at radius 1 is 0.733 bits per heavy atom. The summed E-state index contributed by atoms with van der Waals surface area (Å²) < 4.78 is 21.9. The molecule has 0 aliphatic rings. The molecule has 6 nitrogen and oxygen atoms in total. The van der Waals surface area contributed by atoms with Crippen LogP contribution in [0.5, 0.6) is 5.75 Å². The number of rotatable bonds is 21. The maximum Gasteiger partial charge on any atom is 0.303 e. The highest BCUT2D eigenvalue weighted by Gasteiger charge is 1.98. The molecule has 1 N–H and O–H groups in total. The first kappa shape index (κ1) is 26.4. The van der Waals surface area contributed by atoms with Gasteiger partial charge in [0.15, 0.2) is 0 Å². The smallest absolute Gasteiger partial charge is 0.303 e. The Kier molecular flexibility index (Phi) is 17.0. The van der Waals surface area contributed by atoms with Crippen molar-refractivity contribution in [3.05, 3.63) is 29.8 Å². The number of aryl methyl sites for hydroxylation is 1. The van der Waals surface area contributed by atoms with Crippen LogP contribution >= 0.6 is 0 Å². The summed E-state index contributed by atoms with van der Waals surface area (Å²) in [5, 5.41) is 8.50. The second-order valence-electron chi connectivity index (χ2n) is 7.34. The summed E-state index contributed by atoms with van der Waals surface area (Å²) in [6.07, 6.45) is 9.76. The fourth-order valence-electron chi connectivity index (χ4n) is 2.95. The van der Waals surface area contributed by atoms with Gasteiger partial charge in [-0.05, 0) is 37.0 Å². The lowest BCUT2D eigenvalue weighted by Crippen LogP contribution is -2.13. The highest BCUT2D eigenvalue weighted by Crippen LogP contribution is 2.15. The van der Waals surface area contributed by atoms with Crippen LogP contribution in [0.15, 0.2) is 24.3 Å². The van der Waals surface area contributed by atoms with E-state index in [1.54, 1.807) is 0 Å². The second-order valence-corrected chi connectivity index (χ2v) is 7.34. The molecule has 0 saturated carbocycles. The van der Waals surface area contributed by atoms with Gasteiger partial charge in [0.2, 0.25) is 0 Å². The Morgan fingerprint density at radius 3 is 1.93 bits per heavy atom. The lowest BCUT2D eigenvalue weighted by Gasteiger charge is -2.09.